The van der Waals surface area contributed by atoms with E-state index in [0.717, 1.165) is 22.7 Å². The molecule has 3 aromatic rings. The third-order valence-electron chi connectivity index (χ3n) is 4.37. The molecule has 5 nitrogen and oxygen atoms in total. The number of oxazole rings is 1. The summed E-state index contributed by atoms with van der Waals surface area (Å²) in [5.41, 5.74) is 5.04. The Morgan fingerprint density at radius 3 is 2.85 bits per heavy atom. The van der Waals surface area contributed by atoms with Gasteiger partial charge in [-0.25, -0.2) is 4.98 Å². The maximum Gasteiger partial charge on any atom is 0.226 e. The third-order valence-corrected chi connectivity index (χ3v) is 4.37. The zero-order valence-electron chi connectivity index (χ0n) is 14.3. The first kappa shape index (κ1) is 16.3. The van der Waals surface area contributed by atoms with E-state index in [1.807, 2.05) is 42.5 Å². The molecule has 0 spiro atoms. The molecule has 0 atom stereocenters. The molecule has 0 saturated heterocycles. The van der Waals surface area contributed by atoms with Crippen molar-refractivity contribution in [2.24, 2.45) is 4.99 Å². The first-order valence-corrected chi connectivity index (χ1v) is 8.60. The highest BCUT2D eigenvalue weighted by molar-refractivity contribution is 6.30. The van der Waals surface area contributed by atoms with Gasteiger partial charge in [-0.1, -0.05) is 24.3 Å². The molecule has 130 valence electrons. The number of nitrogens with one attached hydrogen (secondary N) is 1. The molecule has 2 aromatic carbocycles. The van der Waals surface area contributed by atoms with Crippen molar-refractivity contribution >= 4 is 11.9 Å². The van der Waals surface area contributed by atoms with Crippen molar-refractivity contribution in [1.29, 1.82) is 5.41 Å². The molecular weight excluding hydrogens is 326 g/mol. The molecule has 0 radical (unpaired) electrons. The highest BCUT2D eigenvalue weighted by Crippen LogP contribution is 2.23. The van der Waals surface area contributed by atoms with Crippen LogP contribution in [-0.4, -0.2) is 23.5 Å². The van der Waals surface area contributed by atoms with Crippen LogP contribution in [0.1, 0.15) is 16.8 Å². The van der Waals surface area contributed by atoms with Gasteiger partial charge in [0.15, 0.2) is 0 Å². The van der Waals surface area contributed by atoms with Crippen LogP contribution in [0.15, 0.2) is 64.2 Å². The highest BCUT2D eigenvalue weighted by Gasteiger charge is 2.12. The van der Waals surface area contributed by atoms with Gasteiger partial charge in [0.2, 0.25) is 5.89 Å². The second-order valence-electron chi connectivity index (χ2n) is 6.17. The molecule has 4 rings (SSSR count). The van der Waals surface area contributed by atoms with E-state index in [4.69, 9.17) is 14.6 Å². The minimum Gasteiger partial charge on any atom is -0.493 e. The maximum absolute atomic E-state index is 7.36. The Morgan fingerprint density at radius 2 is 2.00 bits per heavy atom. The van der Waals surface area contributed by atoms with Crippen LogP contribution in [0, 0.1) is 5.41 Å². The summed E-state index contributed by atoms with van der Waals surface area (Å²) in [4.78, 5) is 8.88. The fourth-order valence-corrected chi connectivity index (χ4v) is 2.95. The Morgan fingerprint density at radius 1 is 1.12 bits per heavy atom. The molecular formula is C21H19N3O2. The second-order valence-corrected chi connectivity index (χ2v) is 6.17. The van der Waals surface area contributed by atoms with Crippen LogP contribution in [0.4, 0.5) is 0 Å². The fourth-order valence-electron chi connectivity index (χ4n) is 2.95. The summed E-state index contributed by atoms with van der Waals surface area (Å²) in [7, 11) is 0. The van der Waals surface area contributed by atoms with Gasteiger partial charge in [0.25, 0.3) is 0 Å². The van der Waals surface area contributed by atoms with Crippen LogP contribution in [0.25, 0.3) is 11.5 Å². The van der Waals surface area contributed by atoms with Crippen LogP contribution in [0.2, 0.25) is 0 Å². The van der Waals surface area contributed by atoms with Crippen LogP contribution in [0.5, 0.6) is 5.75 Å². The Balaban J connectivity index is 1.36. The number of aromatic nitrogens is 1. The number of fused-ring (bicyclic) bond motifs is 1. The summed E-state index contributed by atoms with van der Waals surface area (Å²) in [6.45, 7) is 1.17. The Kier molecular flexibility index (Phi) is 4.60. The van der Waals surface area contributed by atoms with Gasteiger partial charge in [-0.2, -0.15) is 0 Å². The number of benzene rings is 2. The van der Waals surface area contributed by atoms with Gasteiger partial charge in [0.05, 0.1) is 24.6 Å². The predicted octanol–water partition coefficient (Wildman–Crippen LogP) is 4.11. The van der Waals surface area contributed by atoms with Crippen molar-refractivity contribution < 1.29 is 9.15 Å². The molecule has 0 saturated carbocycles. The number of hydrogen-bond acceptors (Lipinski definition) is 5. The zero-order chi connectivity index (χ0) is 17.8. The standard InChI is InChI=1S/C21H19N3O2/c22-12-19-10-17-11-20(7-6-16(17)13-23-19)25-9-8-18-14-26-21(24-18)15-4-2-1-3-5-15/h1-7,11-12,14,22H,8-10,13H2. The number of hydrogen-bond donors (Lipinski definition) is 1. The summed E-state index contributed by atoms with van der Waals surface area (Å²) in [6, 6.07) is 15.9. The van der Waals surface area contributed by atoms with Crippen LogP contribution < -0.4 is 4.74 Å². The topological polar surface area (TPSA) is 71.5 Å². The average Bonchev–Trinajstić information content (AvgIpc) is 3.17. The first-order chi connectivity index (χ1) is 12.8. The summed E-state index contributed by atoms with van der Waals surface area (Å²) in [5.74, 6) is 1.47. The predicted molar refractivity (Wildman–Crippen MR) is 101 cm³/mol. The van der Waals surface area contributed by atoms with Crippen molar-refractivity contribution in [3.8, 4) is 17.2 Å². The van der Waals surface area contributed by atoms with Gasteiger partial charge in [-0.3, -0.25) is 4.99 Å². The molecule has 0 unspecified atom stereocenters. The van der Waals surface area contributed by atoms with Crippen LogP contribution >= 0.6 is 0 Å². The minimum atomic E-state index is 0.533. The van der Waals surface area contributed by atoms with Crippen molar-refractivity contribution in [1.82, 2.24) is 4.98 Å². The smallest absolute Gasteiger partial charge is 0.226 e. The van der Waals surface area contributed by atoms with E-state index in [-0.39, 0.29) is 0 Å². The second kappa shape index (κ2) is 7.35. The molecule has 0 fully saturated rings. The Hall–Kier alpha value is -3.21. The lowest BCUT2D eigenvalue weighted by molar-refractivity contribution is 0.320. The molecule has 1 aromatic heterocycles. The summed E-state index contributed by atoms with van der Waals surface area (Å²) in [5, 5.41) is 7.36. The van der Waals surface area contributed by atoms with Gasteiger partial charge in [-0.05, 0) is 35.4 Å². The highest BCUT2D eigenvalue weighted by atomic mass is 16.5. The number of nitrogens with zero attached hydrogens (tertiary/aromatic N) is 2. The van der Waals surface area contributed by atoms with Crippen molar-refractivity contribution in [3.05, 3.63) is 71.6 Å². The SMILES string of the molecule is N=CC1=NCc2ccc(OCCc3coc(-c4ccccc4)n3)cc2C1. The quantitative estimate of drug-likeness (QED) is 0.683. The van der Waals surface area contributed by atoms with E-state index in [1.165, 1.54) is 17.3 Å². The normalized spacial score (nSPS) is 13.0. The van der Waals surface area contributed by atoms with Gasteiger partial charge in [0.1, 0.15) is 12.0 Å². The van der Waals surface area contributed by atoms with E-state index in [1.54, 1.807) is 6.26 Å². The number of aliphatic imine (C=N–C) groups is 1. The summed E-state index contributed by atoms with van der Waals surface area (Å²) >= 11 is 0. The summed E-state index contributed by atoms with van der Waals surface area (Å²) < 4.78 is 11.4. The molecule has 0 amide bonds. The molecule has 1 aliphatic rings. The van der Waals surface area contributed by atoms with Crippen LogP contribution in [0.3, 0.4) is 0 Å². The van der Waals surface area contributed by atoms with Crippen molar-refractivity contribution in [2.45, 2.75) is 19.4 Å². The van der Waals surface area contributed by atoms with E-state index >= 15 is 0 Å². The Bertz CT molecular complexity index is 945. The van der Waals surface area contributed by atoms with E-state index in [9.17, 15) is 0 Å². The Labute approximate surface area is 151 Å². The first-order valence-electron chi connectivity index (χ1n) is 8.60. The van der Waals surface area contributed by atoms with E-state index in [0.29, 0.717) is 31.9 Å². The van der Waals surface area contributed by atoms with Gasteiger partial charge in [-0.15, -0.1) is 0 Å². The van der Waals surface area contributed by atoms with Crippen molar-refractivity contribution in [3.63, 3.8) is 0 Å². The minimum absolute atomic E-state index is 0.533. The van der Waals surface area contributed by atoms with Gasteiger partial charge < -0.3 is 14.6 Å². The lowest BCUT2D eigenvalue weighted by Crippen LogP contribution is -2.12. The molecule has 1 N–H and O–H groups in total. The largest absolute Gasteiger partial charge is 0.493 e. The number of rotatable bonds is 6. The third kappa shape index (κ3) is 3.57. The maximum atomic E-state index is 7.36. The van der Waals surface area contributed by atoms with E-state index < -0.39 is 0 Å². The summed E-state index contributed by atoms with van der Waals surface area (Å²) in [6.07, 6.45) is 4.39. The molecule has 5 heteroatoms. The van der Waals surface area contributed by atoms with Crippen LogP contribution in [-0.2, 0) is 19.4 Å². The van der Waals surface area contributed by atoms with Gasteiger partial charge >= 0.3 is 0 Å². The van der Waals surface area contributed by atoms with Gasteiger partial charge in [0, 0.05) is 24.6 Å². The van der Waals surface area contributed by atoms with E-state index in [2.05, 4.69) is 16.0 Å². The van der Waals surface area contributed by atoms with Crippen molar-refractivity contribution in [2.75, 3.05) is 6.61 Å². The monoisotopic (exact) mass is 345 g/mol. The molecule has 2 heterocycles. The molecule has 26 heavy (non-hydrogen) atoms. The zero-order valence-corrected chi connectivity index (χ0v) is 14.3. The molecule has 0 aliphatic carbocycles. The molecule has 0 bridgehead atoms. The lowest BCUT2D eigenvalue weighted by atomic mass is 9.99. The fraction of sp³-hybridized carbons (Fsp3) is 0.190. The molecule has 1 aliphatic heterocycles. The number of ether oxygens (including phenoxy) is 1. The lowest BCUT2D eigenvalue weighted by Gasteiger charge is -2.15. The average molecular weight is 345 g/mol.